The second kappa shape index (κ2) is 9.98. The lowest BCUT2D eigenvalue weighted by atomic mass is 9.45. The fourth-order valence-corrected chi connectivity index (χ4v) is 8.10. The van der Waals surface area contributed by atoms with Gasteiger partial charge in [-0.1, -0.05) is 13.8 Å². The van der Waals surface area contributed by atoms with Crippen molar-refractivity contribution in [2.45, 2.75) is 83.2 Å². The second-order valence-electron chi connectivity index (χ2n) is 13.7. The Labute approximate surface area is 244 Å². The average Bonchev–Trinajstić information content (AvgIpc) is 3.87. The summed E-state index contributed by atoms with van der Waals surface area (Å²) < 4.78 is 25.1. The van der Waals surface area contributed by atoms with Gasteiger partial charge in [0.1, 0.15) is 36.9 Å². The molecule has 6 aliphatic rings. The van der Waals surface area contributed by atoms with E-state index < -0.39 is 41.2 Å². The number of hydrogen-bond donors (Lipinski definition) is 2. The van der Waals surface area contributed by atoms with Crippen LogP contribution in [0.1, 0.15) is 64.4 Å². The molecule has 10 nitrogen and oxygen atoms in total. The topological polar surface area (TPSA) is 138 Å². The minimum absolute atomic E-state index is 0.0595. The van der Waals surface area contributed by atoms with Crippen LogP contribution < -0.4 is 4.73 Å². The highest BCUT2D eigenvalue weighted by Crippen LogP contribution is 2.63. The van der Waals surface area contributed by atoms with E-state index in [2.05, 4.69) is 6.92 Å². The van der Waals surface area contributed by atoms with Gasteiger partial charge in [-0.2, -0.15) is 4.73 Å². The number of aliphatic hydroxyl groups is 2. The molecule has 1 aromatic rings. The number of fused-ring (bicyclic) bond motifs is 3. The Morgan fingerprint density at radius 1 is 1.12 bits per heavy atom. The van der Waals surface area contributed by atoms with Gasteiger partial charge < -0.3 is 34.4 Å². The molecule has 2 aliphatic heterocycles. The second-order valence-corrected chi connectivity index (χ2v) is 13.7. The van der Waals surface area contributed by atoms with Crippen LogP contribution in [0.25, 0.3) is 5.76 Å². The van der Waals surface area contributed by atoms with Gasteiger partial charge in [0.05, 0.1) is 29.6 Å². The summed E-state index contributed by atoms with van der Waals surface area (Å²) in [6, 6.07) is 3.40. The average molecular weight is 582 g/mol. The zero-order chi connectivity index (χ0) is 29.4. The van der Waals surface area contributed by atoms with Gasteiger partial charge in [-0.25, -0.2) is 0 Å². The van der Waals surface area contributed by atoms with Crippen LogP contribution in [0.15, 0.2) is 41.9 Å². The predicted molar refractivity (Wildman–Crippen MR) is 147 cm³/mol. The Morgan fingerprint density at radius 2 is 1.86 bits per heavy atom. The summed E-state index contributed by atoms with van der Waals surface area (Å²) in [5.41, 5.74) is -0.0717. The lowest BCUT2D eigenvalue weighted by molar-refractivity contribution is -0.605. The monoisotopic (exact) mass is 581 g/mol. The summed E-state index contributed by atoms with van der Waals surface area (Å²) in [6.07, 6.45) is 6.40. The van der Waals surface area contributed by atoms with Gasteiger partial charge in [-0.3, -0.25) is 9.59 Å². The molecule has 7 rings (SSSR count). The summed E-state index contributed by atoms with van der Waals surface area (Å²) in [5, 5.41) is 35.3. The summed E-state index contributed by atoms with van der Waals surface area (Å²) in [6.45, 7) is 4.32. The normalized spacial score (nSPS) is 39.0. The van der Waals surface area contributed by atoms with Gasteiger partial charge in [-0.15, -0.1) is 0 Å². The van der Waals surface area contributed by atoms with E-state index in [1.165, 1.54) is 12.4 Å². The maximum Gasteiger partial charge on any atom is 0.309 e. The van der Waals surface area contributed by atoms with Crippen LogP contribution in [-0.4, -0.2) is 59.8 Å². The molecule has 0 spiro atoms. The highest BCUT2D eigenvalue weighted by atomic mass is 16.6. The number of rotatable bonds is 6. The van der Waals surface area contributed by atoms with E-state index in [4.69, 9.17) is 18.9 Å². The van der Waals surface area contributed by atoms with Crippen molar-refractivity contribution >= 4 is 17.7 Å². The molecule has 4 fully saturated rings. The number of ether oxygens (including phenoxy) is 4. The number of esters is 2. The minimum Gasteiger partial charge on any atom is -0.619 e. The number of pyridine rings is 1. The highest BCUT2D eigenvalue weighted by molar-refractivity contribution is 5.75. The molecule has 8 atom stereocenters. The van der Waals surface area contributed by atoms with Crippen molar-refractivity contribution < 1.29 is 43.5 Å². The third kappa shape index (κ3) is 4.58. The molecular formula is C32H39NO9. The Balaban J connectivity index is 1.20. The molecule has 10 heteroatoms. The Hall–Kier alpha value is -3.11. The zero-order valence-corrected chi connectivity index (χ0v) is 24.1. The van der Waals surface area contributed by atoms with E-state index >= 15 is 0 Å². The summed E-state index contributed by atoms with van der Waals surface area (Å²) >= 11 is 0. The Morgan fingerprint density at radius 3 is 2.57 bits per heavy atom. The largest absolute Gasteiger partial charge is 0.619 e. The maximum atomic E-state index is 12.8. The Bertz CT molecular complexity index is 1350. The molecule has 0 aromatic carbocycles. The number of allylic oxidation sites excluding steroid dienone is 1. The third-order valence-electron chi connectivity index (χ3n) is 10.8. The number of carbonyl (C=O) groups excluding carboxylic acids is 2. The number of aliphatic hydroxyl groups excluding tert-OH is 2. The molecule has 2 N–H and O–H groups in total. The standard InChI is InChI=1S/C32H39NO9/c1-31-10-9-25(42-30(37)18-7-8-18)32(2,16-40-29(36)17-5-6-17)24(31)12-21(34)28-26(31)27(35)20-15-39-22(13-23(20)41-28)19-4-3-11-33(38)14-19/h3-4,11,13-14,17-18,21,24-28,34-35H,5-10,12,15-16H2,1-2H3/t21?,24-,25+,26+,27+,28?,31+,32?/m1/s1. The van der Waals surface area contributed by atoms with Crippen LogP contribution in [0, 0.1) is 39.7 Å². The number of nitrogens with zero attached hydrogens (tertiary/aromatic N) is 1. The molecule has 0 amide bonds. The molecule has 1 aromatic heterocycles. The highest BCUT2D eigenvalue weighted by Gasteiger charge is 2.66. The SMILES string of the molecule is CC1(COC(=O)C2CC2)[C@@H](OC(=O)C2CC2)CC[C@]2(C)[C@@H]3C(OC4=C(COC(c5ccc[n+]([O-])c5)=C4)[C@@H]3O)C(O)C[C@@H]12. The molecular weight excluding hydrogens is 542 g/mol. The van der Waals surface area contributed by atoms with Gasteiger partial charge >= 0.3 is 11.9 Å². The molecule has 4 aliphatic carbocycles. The summed E-state index contributed by atoms with van der Waals surface area (Å²) in [7, 11) is 0. The molecule has 0 radical (unpaired) electrons. The first-order valence-corrected chi connectivity index (χ1v) is 15.2. The van der Waals surface area contributed by atoms with Crippen LogP contribution in [-0.2, 0) is 28.5 Å². The molecule has 0 saturated heterocycles. The van der Waals surface area contributed by atoms with Gasteiger partial charge in [-0.05, 0) is 62.3 Å². The van der Waals surface area contributed by atoms with Crippen molar-refractivity contribution in [3.8, 4) is 0 Å². The first-order valence-electron chi connectivity index (χ1n) is 15.2. The molecule has 42 heavy (non-hydrogen) atoms. The van der Waals surface area contributed by atoms with E-state index in [0.29, 0.717) is 46.6 Å². The number of hydrogen-bond acceptors (Lipinski definition) is 9. The van der Waals surface area contributed by atoms with Crippen molar-refractivity contribution in [1.82, 2.24) is 0 Å². The minimum atomic E-state index is -0.942. The van der Waals surface area contributed by atoms with Crippen LogP contribution >= 0.6 is 0 Å². The van der Waals surface area contributed by atoms with E-state index in [1.54, 1.807) is 18.2 Å². The smallest absolute Gasteiger partial charge is 0.309 e. The number of carbonyl (C=O) groups is 2. The lowest BCUT2D eigenvalue weighted by Crippen LogP contribution is -2.67. The number of aromatic nitrogens is 1. The predicted octanol–water partition coefficient (Wildman–Crippen LogP) is 2.78. The molecule has 0 bridgehead atoms. The van der Waals surface area contributed by atoms with Crippen LogP contribution in [0.4, 0.5) is 0 Å². The summed E-state index contributed by atoms with van der Waals surface area (Å²) in [5.74, 6) is -0.289. The van der Waals surface area contributed by atoms with Crippen LogP contribution in [0.5, 0.6) is 0 Å². The van der Waals surface area contributed by atoms with Gasteiger partial charge in [0, 0.05) is 29.0 Å². The third-order valence-corrected chi connectivity index (χ3v) is 10.8. The fraction of sp³-hybridized carbons (Fsp3) is 0.656. The van der Waals surface area contributed by atoms with Gasteiger partial charge in [0.25, 0.3) is 0 Å². The maximum absolute atomic E-state index is 12.8. The molecule has 4 saturated carbocycles. The molecule has 3 unspecified atom stereocenters. The van der Waals surface area contributed by atoms with Crippen LogP contribution in [0.3, 0.4) is 0 Å². The van der Waals surface area contributed by atoms with Crippen molar-refractivity contribution in [2.24, 2.45) is 34.5 Å². The van der Waals surface area contributed by atoms with Crippen molar-refractivity contribution in [2.75, 3.05) is 13.2 Å². The summed E-state index contributed by atoms with van der Waals surface area (Å²) in [4.78, 5) is 25.5. The first kappa shape index (κ1) is 27.7. The van der Waals surface area contributed by atoms with Crippen molar-refractivity contribution in [1.29, 1.82) is 0 Å². The van der Waals surface area contributed by atoms with E-state index in [9.17, 15) is 25.0 Å². The van der Waals surface area contributed by atoms with E-state index in [0.717, 1.165) is 25.7 Å². The quantitative estimate of drug-likeness (QED) is 0.295. The Kier molecular flexibility index (Phi) is 6.58. The van der Waals surface area contributed by atoms with Crippen molar-refractivity contribution in [3.05, 3.63) is 52.7 Å². The van der Waals surface area contributed by atoms with E-state index in [1.807, 2.05) is 6.92 Å². The van der Waals surface area contributed by atoms with Crippen molar-refractivity contribution in [3.63, 3.8) is 0 Å². The van der Waals surface area contributed by atoms with Gasteiger partial charge in [0.2, 0.25) is 0 Å². The van der Waals surface area contributed by atoms with Crippen LogP contribution in [0.2, 0.25) is 0 Å². The first-order chi connectivity index (χ1) is 20.1. The lowest BCUT2D eigenvalue weighted by Gasteiger charge is -2.63. The van der Waals surface area contributed by atoms with E-state index in [-0.39, 0.29) is 42.9 Å². The zero-order valence-electron chi connectivity index (χ0n) is 24.1. The molecule has 226 valence electrons. The van der Waals surface area contributed by atoms with Gasteiger partial charge in [0.15, 0.2) is 12.4 Å². The fourth-order valence-electron chi connectivity index (χ4n) is 8.10. The molecule has 3 heterocycles.